The van der Waals surface area contributed by atoms with Crippen molar-refractivity contribution in [3.8, 4) is 0 Å². The van der Waals surface area contributed by atoms with Crippen LogP contribution in [-0.2, 0) is 0 Å². The van der Waals surface area contributed by atoms with E-state index in [4.69, 9.17) is 0 Å². The SMILES string of the molecule is Cc1c(C(=O)c2ccccc2)nnc2c3c(nnc4c5ccccc5c5ccccc5c43)nn12. The molecule has 7 rings (SSSR count). The lowest BCUT2D eigenvalue weighted by Crippen LogP contribution is -2.12. The van der Waals surface area contributed by atoms with Gasteiger partial charge in [-0.2, -0.15) is 0 Å². The monoisotopic (exact) mass is 440 g/mol. The molecule has 160 valence electrons. The minimum atomic E-state index is -0.195. The maximum atomic E-state index is 13.1. The van der Waals surface area contributed by atoms with Crippen LogP contribution in [0.25, 0.3) is 49.1 Å². The average molecular weight is 440 g/mol. The molecule has 0 saturated carbocycles. The second kappa shape index (κ2) is 6.86. The van der Waals surface area contributed by atoms with Gasteiger partial charge in [0, 0.05) is 16.3 Å². The Morgan fingerprint density at radius 2 is 1.32 bits per heavy atom. The van der Waals surface area contributed by atoms with Gasteiger partial charge in [-0.1, -0.05) is 78.9 Å². The standard InChI is InChI=1S/C27H16N6O/c1-15-23(25(34)16-9-3-2-4-10-16)28-31-27-22-21-19-13-7-5-11-17(19)18-12-6-8-14-20(18)24(21)29-30-26(22)32-33(15)27/h2-14H,1H3. The van der Waals surface area contributed by atoms with Gasteiger partial charge in [0.15, 0.2) is 11.3 Å². The molecule has 0 bridgehead atoms. The van der Waals surface area contributed by atoms with Crippen molar-refractivity contribution in [2.75, 3.05) is 0 Å². The van der Waals surface area contributed by atoms with E-state index in [1.54, 1.807) is 16.6 Å². The fourth-order valence-electron chi connectivity index (χ4n) is 4.80. The fraction of sp³-hybridized carbons (Fsp3) is 0.0370. The minimum Gasteiger partial charge on any atom is -0.287 e. The quantitative estimate of drug-likeness (QED) is 0.276. The van der Waals surface area contributed by atoms with Crippen LogP contribution in [0.15, 0.2) is 78.9 Å². The van der Waals surface area contributed by atoms with Gasteiger partial charge in [-0.15, -0.1) is 25.5 Å². The lowest BCUT2D eigenvalue weighted by Gasteiger charge is -2.09. The molecule has 34 heavy (non-hydrogen) atoms. The third kappa shape index (κ3) is 2.46. The van der Waals surface area contributed by atoms with Crippen LogP contribution in [-0.4, -0.2) is 35.8 Å². The number of hydrogen-bond acceptors (Lipinski definition) is 6. The van der Waals surface area contributed by atoms with Gasteiger partial charge in [0.05, 0.1) is 11.1 Å². The highest BCUT2D eigenvalue weighted by Crippen LogP contribution is 2.37. The third-order valence-corrected chi connectivity index (χ3v) is 6.40. The Morgan fingerprint density at radius 3 is 2.09 bits per heavy atom. The Kier molecular flexibility index (Phi) is 3.78. The molecule has 0 aliphatic rings. The van der Waals surface area contributed by atoms with Crippen LogP contribution in [0.3, 0.4) is 0 Å². The summed E-state index contributed by atoms with van der Waals surface area (Å²) in [5.74, 6) is -0.195. The van der Waals surface area contributed by atoms with E-state index >= 15 is 0 Å². The summed E-state index contributed by atoms with van der Waals surface area (Å²) in [6, 6.07) is 25.5. The van der Waals surface area contributed by atoms with E-state index in [-0.39, 0.29) is 11.5 Å². The summed E-state index contributed by atoms with van der Waals surface area (Å²) in [4.78, 5) is 13.1. The molecule has 7 nitrogen and oxygen atoms in total. The van der Waals surface area contributed by atoms with E-state index in [1.807, 2.05) is 49.4 Å². The van der Waals surface area contributed by atoms with Crippen molar-refractivity contribution >= 4 is 54.9 Å². The van der Waals surface area contributed by atoms with Crippen molar-refractivity contribution in [3.05, 3.63) is 95.8 Å². The molecule has 0 aliphatic heterocycles. The zero-order chi connectivity index (χ0) is 22.8. The number of ketones is 1. The number of aryl methyl sites for hydroxylation is 1. The molecule has 0 atom stereocenters. The van der Waals surface area contributed by atoms with E-state index in [0.29, 0.717) is 22.6 Å². The van der Waals surface area contributed by atoms with Crippen LogP contribution < -0.4 is 0 Å². The predicted molar refractivity (Wildman–Crippen MR) is 131 cm³/mol. The molecule has 0 spiro atoms. The van der Waals surface area contributed by atoms with Gasteiger partial charge < -0.3 is 0 Å². The normalized spacial score (nSPS) is 11.8. The Labute approximate surface area is 192 Å². The first-order valence-corrected chi connectivity index (χ1v) is 10.9. The number of benzene rings is 4. The van der Waals surface area contributed by atoms with Crippen molar-refractivity contribution in [1.29, 1.82) is 0 Å². The Balaban J connectivity index is 1.62. The lowest BCUT2D eigenvalue weighted by molar-refractivity contribution is 0.103. The number of hydrogen-bond donors (Lipinski definition) is 0. The molecule has 0 aliphatic carbocycles. The summed E-state index contributed by atoms with van der Waals surface area (Å²) in [7, 11) is 0. The van der Waals surface area contributed by atoms with Crippen LogP contribution in [0.2, 0.25) is 0 Å². The first-order chi connectivity index (χ1) is 16.7. The molecular formula is C27H16N6O. The topological polar surface area (TPSA) is 85.9 Å². The maximum absolute atomic E-state index is 13.1. The first kappa shape index (κ1) is 18.8. The van der Waals surface area contributed by atoms with E-state index in [1.165, 1.54) is 0 Å². The number of fused-ring (bicyclic) bond motifs is 10. The largest absolute Gasteiger partial charge is 0.287 e. The molecule has 0 amide bonds. The second-order valence-corrected chi connectivity index (χ2v) is 8.28. The summed E-state index contributed by atoms with van der Waals surface area (Å²) in [6.07, 6.45) is 0. The summed E-state index contributed by atoms with van der Waals surface area (Å²) in [6.45, 7) is 1.83. The molecule has 4 aromatic carbocycles. The van der Waals surface area contributed by atoms with Crippen molar-refractivity contribution in [3.63, 3.8) is 0 Å². The Morgan fingerprint density at radius 1 is 0.676 bits per heavy atom. The van der Waals surface area contributed by atoms with Gasteiger partial charge in [0.1, 0.15) is 5.52 Å². The minimum absolute atomic E-state index is 0.195. The number of carbonyl (C=O) groups excluding carboxylic acids is 1. The zero-order valence-electron chi connectivity index (χ0n) is 18.1. The van der Waals surface area contributed by atoms with Crippen LogP contribution >= 0.6 is 0 Å². The highest BCUT2D eigenvalue weighted by Gasteiger charge is 2.22. The summed E-state index contributed by atoms with van der Waals surface area (Å²) >= 11 is 0. The summed E-state index contributed by atoms with van der Waals surface area (Å²) in [5.41, 5.74) is 3.24. The molecule has 0 radical (unpaired) electrons. The van der Waals surface area contributed by atoms with Crippen molar-refractivity contribution < 1.29 is 4.79 Å². The number of rotatable bonds is 2. The van der Waals surface area contributed by atoms with E-state index in [0.717, 1.165) is 37.8 Å². The van der Waals surface area contributed by atoms with Crippen molar-refractivity contribution in [2.45, 2.75) is 6.92 Å². The molecule has 7 heteroatoms. The molecule has 3 heterocycles. The number of nitrogens with zero attached hydrogens (tertiary/aromatic N) is 6. The molecule has 7 aromatic rings. The number of carbonyl (C=O) groups is 1. The third-order valence-electron chi connectivity index (χ3n) is 6.40. The van der Waals surface area contributed by atoms with Crippen LogP contribution in [0.5, 0.6) is 0 Å². The Hall–Kier alpha value is -4.78. The smallest absolute Gasteiger partial charge is 0.215 e. The van der Waals surface area contributed by atoms with Crippen molar-refractivity contribution in [2.24, 2.45) is 0 Å². The zero-order valence-corrected chi connectivity index (χ0v) is 18.1. The highest BCUT2D eigenvalue weighted by molar-refractivity contribution is 6.31. The van der Waals surface area contributed by atoms with Gasteiger partial charge in [0.2, 0.25) is 11.4 Å². The van der Waals surface area contributed by atoms with Gasteiger partial charge in [-0.05, 0) is 23.1 Å². The van der Waals surface area contributed by atoms with Gasteiger partial charge in [-0.3, -0.25) is 4.79 Å². The molecule has 0 fully saturated rings. The van der Waals surface area contributed by atoms with Gasteiger partial charge in [0.25, 0.3) is 0 Å². The molecular weight excluding hydrogens is 424 g/mol. The fourth-order valence-corrected chi connectivity index (χ4v) is 4.80. The highest BCUT2D eigenvalue weighted by atomic mass is 16.1. The van der Waals surface area contributed by atoms with E-state index in [2.05, 4.69) is 49.8 Å². The van der Waals surface area contributed by atoms with Crippen molar-refractivity contribution in [1.82, 2.24) is 30.0 Å². The number of aromatic nitrogens is 6. The molecule has 0 N–H and O–H groups in total. The summed E-state index contributed by atoms with van der Waals surface area (Å²) in [5, 5.41) is 28.5. The maximum Gasteiger partial charge on any atom is 0.215 e. The predicted octanol–water partition coefficient (Wildman–Crippen LogP) is 5.07. The van der Waals surface area contributed by atoms with Crippen LogP contribution in [0.1, 0.15) is 21.7 Å². The Bertz CT molecular complexity index is 1910. The van der Waals surface area contributed by atoms with Gasteiger partial charge in [-0.25, -0.2) is 4.52 Å². The summed E-state index contributed by atoms with van der Waals surface area (Å²) < 4.78 is 1.66. The average Bonchev–Trinajstić information content (AvgIpc) is 3.29. The van der Waals surface area contributed by atoms with Crippen LogP contribution in [0.4, 0.5) is 0 Å². The molecule has 3 aromatic heterocycles. The van der Waals surface area contributed by atoms with E-state index < -0.39 is 0 Å². The second-order valence-electron chi connectivity index (χ2n) is 8.28. The van der Waals surface area contributed by atoms with Gasteiger partial charge >= 0.3 is 0 Å². The molecule has 0 unspecified atom stereocenters. The first-order valence-electron chi connectivity index (χ1n) is 10.9. The lowest BCUT2D eigenvalue weighted by atomic mass is 9.96. The molecule has 0 saturated heterocycles. The van der Waals surface area contributed by atoms with E-state index in [9.17, 15) is 4.79 Å². The van der Waals surface area contributed by atoms with Crippen LogP contribution in [0, 0.1) is 6.92 Å².